The standard InChI is InChI=1S/C14H21NO/c1-9-12-7-5-4-6-11(12)8-13(16-3)14(9)10(2)15/h8,10H,4-7,15H2,1-3H3. The van der Waals surface area contributed by atoms with Gasteiger partial charge in [-0.3, -0.25) is 0 Å². The molecule has 2 nitrogen and oxygen atoms in total. The summed E-state index contributed by atoms with van der Waals surface area (Å²) in [5.74, 6) is 0.966. The Labute approximate surface area is 97.8 Å². The first-order chi connectivity index (χ1) is 7.65. The highest BCUT2D eigenvalue weighted by molar-refractivity contribution is 5.51. The number of benzene rings is 1. The molecule has 1 aliphatic carbocycles. The van der Waals surface area contributed by atoms with Crippen LogP contribution < -0.4 is 10.5 Å². The van der Waals surface area contributed by atoms with Gasteiger partial charge in [-0.15, -0.1) is 0 Å². The Morgan fingerprint density at radius 3 is 2.62 bits per heavy atom. The lowest BCUT2D eigenvalue weighted by molar-refractivity contribution is 0.405. The van der Waals surface area contributed by atoms with Crippen LogP contribution in [0.25, 0.3) is 0 Å². The van der Waals surface area contributed by atoms with Gasteiger partial charge in [-0.2, -0.15) is 0 Å². The van der Waals surface area contributed by atoms with Gasteiger partial charge in [-0.25, -0.2) is 0 Å². The fourth-order valence-electron chi connectivity index (χ4n) is 2.83. The third-order valence-electron chi connectivity index (χ3n) is 3.61. The number of nitrogens with two attached hydrogens (primary N) is 1. The van der Waals surface area contributed by atoms with E-state index in [0.717, 1.165) is 5.75 Å². The Morgan fingerprint density at radius 2 is 2.00 bits per heavy atom. The van der Waals surface area contributed by atoms with E-state index in [2.05, 4.69) is 13.0 Å². The number of fused-ring (bicyclic) bond motifs is 1. The van der Waals surface area contributed by atoms with Gasteiger partial charge in [0.2, 0.25) is 0 Å². The molecule has 0 heterocycles. The third-order valence-corrected chi connectivity index (χ3v) is 3.61. The van der Waals surface area contributed by atoms with Crippen molar-refractivity contribution in [3.63, 3.8) is 0 Å². The minimum atomic E-state index is 0.0437. The second-order valence-electron chi connectivity index (χ2n) is 4.75. The lowest BCUT2D eigenvalue weighted by atomic mass is 9.84. The SMILES string of the molecule is COc1cc2c(c(C)c1C(C)N)CCCC2. The van der Waals surface area contributed by atoms with Gasteiger partial charge in [0.05, 0.1) is 7.11 Å². The Kier molecular flexibility index (Phi) is 3.20. The van der Waals surface area contributed by atoms with Crippen molar-refractivity contribution in [3.8, 4) is 5.75 Å². The molecule has 1 aliphatic rings. The van der Waals surface area contributed by atoms with Crippen LogP contribution in [0.1, 0.15) is 48.1 Å². The summed E-state index contributed by atoms with van der Waals surface area (Å²) in [6.07, 6.45) is 4.99. The molecule has 0 amide bonds. The van der Waals surface area contributed by atoms with Crippen LogP contribution in [0.15, 0.2) is 6.07 Å². The van der Waals surface area contributed by atoms with Gasteiger partial charge in [-0.05, 0) is 62.3 Å². The summed E-state index contributed by atoms with van der Waals surface area (Å²) < 4.78 is 5.47. The van der Waals surface area contributed by atoms with Crippen molar-refractivity contribution in [3.05, 3.63) is 28.3 Å². The molecule has 88 valence electrons. The van der Waals surface area contributed by atoms with Gasteiger partial charge in [0.15, 0.2) is 0 Å². The summed E-state index contributed by atoms with van der Waals surface area (Å²) in [5.41, 5.74) is 11.6. The fourth-order valence-corrected chi connectivity index (χ4v) is 2.83. The molecule has 16 heavy (non-hydrogen) atoms. The highest BCUT2D eigenvalue weighted by atomic mass is 16.5. The molecular weight excluding hydrogens is 198 g/mol. The van der Waals surface area contributed by atoms with E-state index in [1.807, 2.05) is 6.92 Å². The van der Waals surface area contributed by atoms with Crippen LogP contribution in [-0.2, 0) is 12.8 Å². The number of aryl methyl sites for hydroxylation is 1. The molecule has 0 radical (unpaired) electrons. The van der Waals surface area contributed by atoms with Crippen molar-refractivity contribution in [1.82, 2.24) is 0 Å². The zero-order chi connectivity index (χ0) is 11.7. The molecule has 0 fully saturated rings. The van der Waals surface area contributed by atoms with E-state index in [0.29, 0.717) is 0 Å². The zero-order valence-corrected chi connectivity index (χ0v) is 10.5. The van der Waals surface area contributed by atoms with E-state index >= 15 is 0 Å². The predicted octanol–water partition coefficient (Wildman–Crippen LogP) is 2.90. The second-order valence-corrected chi connectivity index (χ2v) is 4.75. The van der Waals surface area contributed by atoms with Gasteiger partial charge < -0.3 is 10.5 Å². The van der Waals surface area contributed by atoms with Gasteiger partial charge in [0.1, 0.15) is 5.75 Å². The van der Waals surface area contributed by atoms with E-state index < -0.39 is 0 Å². The second kappa shape index (κ2) is 4.46. The normalized spacial score (nSPS) is 16.8. The van der Waals surface area contributed by atoms with Gasteiger partial charge in [-0.1, -0.05) is 0 Å². The van der Waals surface area contributed by atoms with E-state index in [-0.39, 0.29) is 6.04 Å². The Balaban J connectivity index is 2.60. The predicted molar refractivity (Wildman–Crippen MR) is 67.0 cm³/mol. The van der Waals surface area contributed by atoms with E-state index in [4.69, 9.17) is 10.5 Å². The summed E-state index contributed by atoms with van der Waals surface area (Å²) in [7, 11) is 1.73. The van der Waals surface area contributed by atoms with Gasteiger partial charge in [0, 0.05) is 11.6 Å². The molecule has 1 aromatic rings. The minimum Gasteiger partial charge on any atom is -0.496 e. The topological polar surface area (TPSA) is 35.2 Å². The number of ether oxygens (including phenoxy) is 1. The zero-order valence-electron chi connectivity index (χ0n) is 10.5. The number of hydrogen-bond donors (Lipinski definition) is 1. The lowest BCUT2D eigenvalue weighted by Gasteiger charge is -2.24. The van der Waals surface area contributed by atoms with Crippen molar-refractivity contribution in [1.29, 1.82) is 0 Å². The van der Waals surface area contributed by atoms with E-state index in [1.165, 1.54) is 47.9 Å². The molecule has 0 saturated carbocycles. The summed E-state index contributed by atoms with van der Waals surface area (Å²) >= 11 is 0. The summed E-state index contributed by atoms with van der Waals surface area (Å²) in [5, 5.41) is 0. The maximum Gasteiger partial charge on any atom is 0.124 e. The molecular formula is C14H21NO. The molecule has 0 saturated heterocycles. The van der Waals surface area contributed by atoms with Crippen LogP contribution in [0.5, 0.6) is 5.75 Å². The summed E-state index contributed by atoms with van der Waals surface area (Å²) in [6.45, 7) is 4.21. The van der Waals surface area contributed by atoms with Crippen molar-refractivity contribution < 1.29 is 4.74 Å². The number of methoxy groups -OCH3 is 1. The van der Waals surface area contributed by atoms with Crippen molar-refractivity contribution in [2.24, 2.45) is 5.73 Å². The van der Waals surface area contributed by atoms with Crippen molar-refractivity contribution in [2.75, 3.05) is 7.11 Å². The monoisotopic (exact) mass is 219 g/mol. The number of hydrogen-bond acceptors (Lipinski definition) is 2. The van der Waals surface area contributed by atoms with Crippen LogP contribution in [0, 0.1) is 6.92 Å². The molecule has 1 unspecified atom stereocenters. The largest absolute Gasteiger partial charge is 0.496 e. The molecule has 2 heteroatoms. The van der Waals surface area contributed by atoms with Gasteiger partial charge >= 0.3 is 0 Å². The average molecular weight is 219 g/mol. The molecule has 0 aromatic heterocycles. The summed E-state index contributed by atoms with van der Waals surface area (Å²) in [4.78, 5) is 0. The maximum absolute atomic E-state index is 6.04. The van der Waals surface area contributed by atoms with Crippen molar-refractivity contribution in [2.45, 2.75) is 45.6 Å². The first-order valence-corrected chi connectivity index (χ1v) is 6.10. The first-order valence-electron chi connectivity index (χ1n) is 6.10. The van der Waals surface area contributed by atoms with Crippen molar-refractivity contribution >= 4 is 0 Å². The third kappa shape index (κ3) is 1.82. The maximum atomic E-state index is 6.04. The first kappa shape index (κ1) is 11.5. The fraction of sp³-hybridized carbons (Fsp3) is 0.571. The summed E-state index contributed by atoms with van der Waals surface area (Å²) in [6, 6.07) is 2.24. The van der Waals surface area contributed by atoms with E-state index in [1.54, 1.807) is 7.11 Å². The smallest absolute Gasteiger partial charge is 0.124 e. The molecule has 0 spiro atoms. The van der Waals surface area contributed by atoms with Crippen LogP contribution in [0.4, 0.5) is 0 Å². The Hall–Kier alpha value is -1.02. The lowest BCUT2D eigenvalue weighted by Crippen LogP contribution is -2.14. The van der Waals surface area contributed by atoms with Crippen LogP contribution >= 0.6 is 0 Å². The molecule has 1 atom stereocenters. The minimum absolute atomic E-state index is 0.0437. The highest BCUT2D eigenvalue weighted by Gasteiger charge is 2.19. The molecule has 0 aliphatic heterocycles. The molecule has 1 aromatic carbocycles. The number of rotatable bonds is 2. The van der Waals surface area contributed by atoms with Crippen LogP contribution in [0.3, 0.4) is 0 Å². The molecule has 0 bridgehead atoms. The average Bonchev–Trinajstić information content (AvgIpc) is 2.28. The molecule has 2 N–H and O–H groups in total. The van der Waals surface area contributed by atoms with E-state index in [9.17, 15) is 0 Å². The Morgan fingerprint density at radius 1 is 1.31 bits per heavy atom. The quantitative estimate of drug-likeness (QED) is 0.830. The van der Waals surface area contributed by atoms with Crippen LogP contribution in [-0.4, -0.2) is 7.11 Å². The highest BCUT2D eigenvalue weighted by Crippen LogP contribution is 2.35. The Bertz CT molecular complexity index is 396. The molecule has 2 rings (SSSR count). The van der Waals surface area contributed by atoms with Gasteiger partial charge in [0.25, 0.3) is 0 Å². The van der Waals surface area contributed by atoms with Crippen LogP contribution in [0.2, 0.25) is 0 Å².